The molecule has 1 aromatic carbocycles. The summed E-state index contributed by atoms with van der Waals surface area (Å²) >= 11 is 2.78. The van der Waals surface area contributed by atoms with Gasteiger partial charge in [0.15, 0.2) is 5.69 Å². The van der Waals surface area contributed by atoms with Crippen molar-refractivity contribution in [3.63, 3.8) is 0 Å². The van der Waals surface area contributed by atoms with E-state index in [1.54, 1.807) is 0 Å². The van der Waals surface area contributed by atoms with Gasteiger partial charge in [0, 0.05) is 19.6 Å². The van der Waals surface area contributed by atoms with E-state index in [-0.39, 0.29) is 24.0 Å². The molecule has 0 saturated carbocycles. The first kappa shape index (κ1) is 21.5. The Morgan fingerprint density at radius 1 is 1.28 bits per heavy atom. The predicted molar refractivity (Wildman–Crippen MR) is 105 cm³/mol. The number of nitrogens with two attached hydrogens (primary N) is 1. The summed E-state index contributed by atoms with van der Waals surface area (Å²) in [6.45, 7) is 2.86. The van der Waals surface area contributed by atoms with Crippen LogP contribution in [0, 0.1) is 0 Å². The molecule has 1 aliphatic heterocycles. The first-order chi connectivity index (χ1) is 13.8. The van der Waals surface area contributed by atoms with E-state index in [0.717, 1.165) is 5.56 Å². The lowest BCUT2D eigenvalue weighted by Gasteiger charge is -2.35. The molecule has 10 heteroatoms. The SMILES string of the molecule is Nc1cc(C(F)(F)F)c(Br)nc1C(=O)NCC(c1ccccc1)N1CCOCC1. The molecule has 1 saturated heterocycles. The van der Waals surface area contributed by atoms with Crippen LogP contribution in [-0.2, 0) is 10.9 Å². The van der Waals surface area contributed by atoms with Crippen LogP contribution in [0.3, 0.4) is 0 Å². The van der Waals surface area contributed by atoms with Gasteiger partial charge in [-0.3, -0.25) is 9.69 Å². The number of anilines is 1. The quantitative estimate of drug-likeness (QED) is 0.652. The largest absolute Gasteiger partial charge is 0.419 e. The summed E-state index contributed by atoms with van der Waals surface area (Å²) in [5, 5.41) is 2.76. The number of carbonyl (C=O) groups is 1. The van der Waals surface area contributed by atoms with Gasteiger partial charge in [0.1, 0.15) is 4.60 Å². The number of alkyl halides is 3. The molecule has 0 bridgehead atoms. The third-order valence-corrected chi connectivity index (χ3v) is 5.26. The highest BCUT2D eigenvalue weighted by atomic mass is 79.9. The molecule has 1 amide bonds. The maximum absolute atomic E-state index is 13.0. The Hall–Kier alpha value is -2.17. The monoisotopic (exact) mass is 472 g/mol. The zero-order valence-corrected chi connectivity index (χ0v) is 17.0. The minimum atomic E-state index is -4.62. The van der Waals surface area contributed by atoms with Crippen molar-refractivity contribution in [3.8, 4) is 0 Å². The van der Waals surface area contributed by atoms with Gasteiger partial charge in [-0.15, -0.1) is 0 Å². The summed E-state index contributed by atoms with van der Waals surface area (Å²) < 4.78 is 43.8. The summed E-state index contributed by atoms with van der Waals surface area (Å²) in [6.07, 6.45) is -4.62. The fourth-order valence-corrected chi connectivity index (χ4v) is 3.70. The number of halogens is 4. The highest BCUT2D eigenvalue weighted by molar-refractivity contribution is 9.10. The first-order valence-corrected chi connectivity index (χ1v) is 9.75. The smallest absolute Gasteiger partial charge is 0.397 e. The Kier molecular flexibility index (Phi) is 6.76. The molecule has 3 rings (SSSR count). The number of hydrogen-bond donors (Lipinski definition) is 2. The van der Waals surface area contributed by atoms with Gasteiger partial charge in [-0.25, -0.2) is 4.98 Å². The van der Waals surface area contributed by atoms with E-state index in [0.29, 0.717) is 32.4 Å². The number of amides is 1. The van der Waals surface area contributed by atoms with Crippen LogP contribution in [0.5, 0.6) is 0 Å². The maximum Gasteiger partial charge on any atom is 0.419 e. The molecule has 0 aliphatic carbocycles. The second-order valence-corrected chi connectivity index (χ2v) is 7.30. The van der Waals surface area contributed by atoms with E-state index in [1.807, 2.05) is 30.3 Å². The summed E-state index contributed by atoms with van der Waals surface area (Å²) in [4.78, 5) is 18.5. The van der Waals surface area contributed by atoms with E-state index in [9.17, 15) is 18.0 Å². The number of aromatic nitrogens is 1. The molecule has 1 atom stereocenters. The molecular formula is C19H20BrF3N4O2. The number of pyridine rings is 1. The highest BCUT2D eigenvalue weighted by Gasteiger charge is 2.35. The molecule has 0 spiro atoms. The van der Waals surface area contributed by atoms with E-state index in [4.69, 9.17) is 10.5 Å². The zero-order chi connectivity index (χ0) is 21.0. The van der Waals surface area contributed by atoms with Gasteiger partial charge >= 0.3 is 6.18 Å². The Balaban J connectivity index is 1.77. The zero-order valence-electron chi connectivity index (χ0n) is 15.4. The van der Waals surface area contributed by atoms with Crippen molar-refractivity contribution in [1.29, 1.82) is 0 Å². The Bertz CT molecular complexity index is 859. The van der Waals surface area contributed by atoms with Crippen molar-refractivity contribution in [2.45, 2.75) is 12.2 Å². The summed E-state index contributed by atoms with van der Waals surface area (Å²) in [6, 6.07) is 10.3. The molecule has 6 nitrogen and oxygen atoms in total. The molecule has 2 aromatic rings. The molecular weight excluding hydrogens is 453 g/mol. The Morgan fingerprint density at radius 3 is 2.55 bits per heavy atom. The van der Waals surface area contributed by atoms with Crippen LogP contribution in [-0.4, -0.2) is 48.6 Å². The molecule has 1 aliphatic rings. The number of nitrogen functional groups attached to an aromatic ring is 1. The fourth-order valence-electron chi connectivity index (χ4n) is 3.18. The van der Waals surface area contributed by atoms with Crippen molar-refractivity contribution in [2.75, 3.05) is 38.6 Å². The van der Waals surface area contributed by atoms with Gasteiger partial charge in [-0.1, -0.05) is 30.3 Å². The van der Waals surface area contributed by atoms with Crippen molar-refractivity contribution >= 4 is 27.5 Å². The normalized spacial score (nSPS) is 16.4. The standard InChI is InChI=1S/C19H20BrF3N4O2/c20-17-13(19(21,22)23)10-14(24)16(26-17)18(28)25-11-15(12-4-2-1-3-5-12)27-6-8-29-9-7-27/h1-5,10,15H,6-9,11,24H2,(H,25,28). The second-order valence-electron chi connectivity index (χ2n) is 6.55. The Labute approximate surface area is 174 Å². The van der Waals surface area contributed by atoms with Crippen LogP contribution in [0.25, 0.3) is 0 Å². The van der Waals surface area contributed by atoms with Gasteiger partial charge in [0.2, 0.25) is 0 Å². The average molecular weight is 473 g/mol. The lowest BCUT2D eigenvalue weighted by molar-refractivity contribution is -0.138. The summed E-state index contributed by atoms with van der Waals surface area (Å²) in [5.74, 6) is -0.633. The van der Waals surface area contributed by atoms with Crippen LogP contribution in [0.1, 0.15) is 27.7 Å². The number of nitrogens with one attached hydrogen (secondary N) is 1. The minimum Gasteiger partial charge on any atom is -0.397 e. The predicted octanol–water partition coefficient (Wildman–Crippen LogP) is 3.25. The molecule has 1 aromatic heterocycles. The number of nitrogens with zero attached hydrogens (tertiary/aromatic N) is 2. The van der Waals surface area contributed by atoms with Crippen molar-refractivity contribution in [2.24, 2.45) is 0 Å². The maximum atomic E-state index is 13.0. The van der Waals surface area contributed by atoms with Gasteiger partial charge in [0.25, 0.3) is 5.91 Å². The van der Waals surface area contributed by atoms with Gasteiger partial charge in [-0.2, -0.15) is 13.2 Å². The van der Waals surface area contributed by atoms with Gasteiger partial charge in [-0.05, 0) is 27.6 Å². The van der Waals surface area contributed by atoms with Crippen LogP contribution in [0.4, 0.5) is 18.9 Å². The molecule has 1 unspecified atom stereocenters. The third-order valence-electron chi connectivity index (χ3n) is 4.65. The third kappa shape index (κ3) is 5.26. The lowest BCUT2D eigenvalue weighted by Crippen LogP contribution is -2.44. The minimum absolute atomic E-state index is 0.108. The lowest BCUT2D eigenvalue weighted by atomic mass is 10.0. The number of carbonyl (C=O) groups excluding carboxylic acids is 1. The van der Waals surface area contributed by atoms with Crippen molar-refractivity contribution < 1.29 is 22.7 Å². The molecule has 1 fully saturated rings. The number of ether oxygens (including phenoxy) is 1. The number of benzene rings is 1. The van der Waals surface area contributed by atoms with Gasteiger partial charge in [0.05, 0.1) is 30.5 Å². The summed E-state index contributed by atoms with van der Waals surface area (Å²) in [7, 11) is 0. The van der Waals surface area contributed by atoms with Crippen LogP contribution in [0.2, 0.25) is 0 Å². The fraction of sp³-hybridized carbons (Fsp3) is 0.368. The van der Waals surface area contributed by atoms with E-state index in [1.165, 1.54) is 0 Å². The molecule has 156 valence electrons. The van der Waals surface area contributed by atoms with Crippen LogP contribution < -0.4 is 11.1 Å². The second kappa shape index (κ2) is 9.10. The molecule has 29 heavy (non-hydrogen) atoms. The topological polar surface area (TPSA) is 80.5 Å². The number of hydrogen-bond acceptors (Lipinski definition) is 5. The van der Waals surface area contributed by atoms with Crippen molar-refractivity contribution in [1.82, 2.24) is 15.2 Å². The highest BCUT2D eigenvalue weighted by Crippen LogP contribution is 2.35. The van der Waals surface area contributed by atoms with E-state index < -0.39 is 22.3 Å². The number of rotatable bonds is 5. The van der Waals surface area contributed by atoms with Crippen molar-refractivity contribution in [3.05, 3.63) is 57.8 Å². The average Bonchev–Trinajstić information content (AvgIpc) is 2.70. The van der Waals surface area contributed by atoms with E-state index in [2.05, 4.69) is 31.1 Å². The molecule has 0 radical (unpaired) electrons. The van der Waals surface area contributed by atoms with E-state index >= 15 is 0 Å². The van der Waals surface area contributed by atoms with Gasteiger partial charge < -0.3 is 15.8 Å². The first-order valence-electron chi connectivity index (χ1n) is 8.95. The summed E-state index contributed by atoms with van der Waals surface area (Å²) in [5.41, 5.74) is 5.08. The number of morpholine rings is 1. The van der Waals surface area contributed by atoms with Crippen LogP contribution in [0.15, 0.2) is 41.0 Å². The van der Waals surface area contributed by atoms with Crippen LogP contribution >= 0.6 is 15.9 Å². The molecule has 3 N–H and O–H groups in total. The Morgan fingerprint density at radius 2 is 1.93 bits per heavy atom. The molecule has 2 heterocycles.